The van der Waals surface area contributed by atoms with Crippen LogP contribution < -0.4 is 0 Å². The lowest BCUT2D eigenvalue weighted by Gasteiger charge is -2.42. The Hall–Kier alpha value is -2.80. The minimum absolute atomic E-state index is 0.108. The van der Waals surface area contributed by atoms with Crippen molar-refractivity contribution in [1.29, 1.82) is 0 Å². The van der Waals surface area contributed by atoms with E-state index < -0.39 is 99.3 Å². The summed E-state index contributed by atoms with van der Waals surface area (Å²) >= 11 is 0. The van der Waals surface area contributed by atoms with Crippen molar-refractivity contribution >= 4 is 11.9 Å². The van der Waals surface area contributed by atoms with Gasteiger partial charge in [-0.05, 0) is 70.6 Å². The minimum Gasteiger partial charge on any atom is -0.462 e. The summed E-state index contributed by atoms with van der Waals surface area (Å²) in [5, 5.41) is 71.8. The topological polar surface area (TPSA) is 231 Å². The predicted molar refractivity (Wildman–Crippen MR) is 233 cm³/mol. The van der Waals surface area contributed by atoms with E-state index in [4.69, 9.17) is 28.4 Å². The number of carbonyl (C=O) groups is 2. The molecule has 0 spiro atoms. The lowest BCUT2D eigenvalue weighted by Crippen LogP contribution is -2.61. The second-order valence-electron chi connectivity index (χ2n) is 15.8. The largest absolute Gasteiger partial charge is 0.462 e. The Labute approximate surface area is 369 Å². The number of hydrogen-bond donors (Lipinski definition) is 7. The van der Waals surface area contributed by atoms with Crippen LogP contribution in [-0.4, -0.2) is 142 Å². The number of unbranched alkanes of at least 4 members (excludes halogenated alkanes) is 9. The summed E-state index contributed by atoms with van der Waals surface area (Å²) in [5.74, 6) is -0.993. The molecule has 11 atom stereocenters. The molecule has 15 heteroatoms. The van der Waals surface area contributed by atoms with Gasteiger partial charge in [-0.2, -0.15) is 0 Å². The summed E-state index contributed by atoms with van der Waals surface area (Å²) in [6.45, 7) is 2.34. The zero-order chi connectivity index (χ0) is 45.4. The third-order valence-electron chi connectivity index (χ3n) is 10.5. The Morgan fingerprint density at radius 3 is 1.65 bits per heavy atom. The number of allylic oxidation sites excluding steroid dienone is 10. The molecule has 356 valence electrons. The fraction of sp³-hybridized carbons (Fsp3) is 0.745. The molecule has 62 heavy (non-hydrogen) atoms. The molecule has 2 aliphatic rings. The predicted octanol–water partition coefficient (Wildman–Crippen LogP) is 4.92. The fourth-order valence-electron chi connectivity index (χ4n) is 6.66. The highest BCUT2D eigenvalue weighted by molar-refractivity contribution is 5.70. The highest BCUT2D eigenvalue weighted by Crippen LogP contribution is 2.26. The molecule has 2 fully saturated rings. The van der Waals surface area contributed by atoms with Crippen LogP contribution in [0.25, 0.3) is 0 Å². The minimum atomic E-state index is -1.77. The quantitative estimate of drug-likeness (QED) is 0.0263. The van der Waals surface area contributed by atoms with Crippen LogP contribution in [0.2, 0.25) is 0 Å². The summed E-state index contributed by atoms with van der Waals surface area (Å²) in [7, 11) is 0. The molecular weight excluding hydrogens is 805 g/mol. The summed E-state index contributed by atoms with van der Waals surface area (Å²) in [4.78, 5) is 25.6. The van der Waals surface area contributed by atoms with Crippen LogP contribution in [0.3, 0.4) is 0 Å². The molecule has 11 unspecified atom stereocenters. The first-order valence-corrected chi connectivity index (χ1v) is 22.9. The Kier molecular flexibility index (Phi) is 30.9. The van der Waals surface area contributed by atoms with Gasteiger partial charge in [-0.1, -0.05) is 107 Å². The third kappa shape index (κ3) is 23.2. The van der Waals surface area contributed by atoms with Crippen molar-refractivity contribution in [3.8, 4) is 0 Å². The number of hydrogen-bond acceptors (Lipinski definition) is 15. The molecule has 0 aromatic heterocycles. The molecule has 0 bridgehead atoms. The van der Waals surface area contributed by atoms with Crippen molar-refractivity contribution < 1.29 is 73.8 Å². The van der Waals surface area contributed by atoms with Crippen molar-refractivity contribution in [3.63, 3.8) is 0 Å². The number of carbonyl (C=O) groups excluding carboxylic acids is 2. The smallest absolute Gasteiger partial charge is 0.306 e. The van der Waals surface area contributed by atoms with Gasteiger partial charge in [0, 0.05) is 12.8 Å². The number of aliphatic hydroxyl groups excluding tert-OH is 7. The number of ether oxygens (including phenoxy) is 6. The first-order chi connectivity index (χ1) is 30.0. The van der Waals surface area contributed by atoms with Crippen LogP contribution in [0.4, 0.5) is 0 Å². The SMILES string of the molecule is CC/C=C\C/C=C\C/C=C\C/C=C\CCCCC(=O)OC(COC(=O)CCCCCCC/C=C\CCCC)COC1OC(COC2OC(CO)C(O)C(O)C2O)C(O)C(O)C1O. The first-order valence-electron chi connectivity index (χ1n) is 22.9. The maximum atomic E-state index is 12.9. The van der Waals surface area contributed by atoms with Crippen LogP contribution in [0.15, 0.2) is 60.8 Å². The molecule has 7 N–H and O–H groups in total. The monoisotopic (exact) mass is 883 g/mol. The Morgan fingerprint density at radius 2 is 1.02 bits per heavy atom. The molecule has 0 aliphatic carbocycles. The highest BCUT2D eigenvalue weighted by atomic mass is 16.7. The molecule has 2 saturated heterocycles. The molecule has 0 saturated carbocycles. The lowest BCUT2D eigenvalue weighted by molar-refractivity contribution is -0.332. The van der Waals surface area contributed by atoms with Gasteiger partial charge in [-0.25, -0.2) is 0 Å². The maximum Gasteiger partial charge on any atom is 0.306 e. The zero-order valence-corrected chi connectivity index (χ0v) is 37.1. The molecule has 0 aromatic rings. The van der Waals surface area contributed by atoms with Gasteiger partial charge in [0.15, 0.2) is 18.7 Å². The standard InChI is InChI=1S/C47H78O15/c1-3-5-7-9-11-13-15-16-17-18-20-22-24-26-28-30-39(50)60-35(32-57-38(49)29-27-25-23-21-19-14-12-10-8-6-4-2)33-58-46-45(56)43(54)41(52)37(62-46)34-59-47-44(55)42(53)40(51)36(31-48)61-47/h5,7,10-13,16-17,20,22,35-37,40-48,51-56H,3-4,6,8-9,14-15,18-19,21,23-34H2,1-2H3/b7-5-,12-10-,13-11-,17-16-,22-20-. The van der Waals surface area contributed by atoms with Gasteiger partial charge in [0.1, 0.15) is 55.4 Å². The van der Waals surface area contributed by atoms with Gasteiger partial charge in [0.25, 0.3) is 0 Å². The Morgan fingerprint density at radius 1 is 0.532 bits per heavy atom. The van der Waals surface area contributed by atoms with Crippen LogP contribution >= 0.6 is 0 Å². The van der Waals surface area contributed by atoms with Crippen molar-refractivity contribution in [2.45, 2.75) is 197 Å². The summed E-state index contributed by atoms with van der Waals surface area (Å²) in [5.41, 5.74) is 0. The molecule has 2 rings (SSSR count). The van der Waals surface area contributed by atoms with Gasteiger partial charge < -0.3 is 64.2 Å². The average Bonchev–Trinajstić information content (AvgIpc) is 3.26. The van der Waals surface area contributed by atoms with E-state index in [0.717, 1.165) is 77.0 Å². The molecular formula is C47H78O15. The van der Waals surface area contributed by atoms with Crippen LogP contribution in [0.1, 0.15) is 129 Å². The maximum absolute atomic E-state index is 12.9. The van der Waals surface area contributed by atoms with Crippen molar-refractivity contribution in [2.75, 3.05) is 26.4 Å². The van der Waals surface area contributed by atoms with E-state index in [-0.39, 0.29) is 19.4 Å². The van der Waals surface area contributed by atoms with Crippen molar-refractivity contribution in [3.05, 3.63) is 60.8 Å². The van der Waals surface area contributed by atoms with Crippen molar-refractivity contribution in [2.24, 2.45) is 0 Å². The van der Waals surface area contributed by atoms with E-state index in [1.807, 2.05) is 0 Å². The normalized spacial score (nSPS) is 27.6. The van der Waals surface area contributed by atoms with Gasteiger partial charge in [-0.3, -0.25) is 9.59 Å². The Bertz CT molecular complexity index is 1320. The molecule has 0 radical (unpaired) electrons. The number of rotatable bonds is 33. The van der Waals surface area contributed by atoms with E-state index >= 15 is 0 Å². The van der Waals surface area contributed by atoms with E-state index in [1.165, 1.54) is 12.8 Å². The molecule has 0 amide bonds. The van der Waals surface area contributed by atoms with Gasteiger partial charge in [0.05, 0.1) is 19.8 Å². The molecule has 2 heterocycles. The van der Waals surface area contributed by atoms with Gasteiger partial charge in [0.2, 0.25) is 0 Å². The van der Waals surface area contributed by atoms with Crippen molar-refractivity contribution in [1.82, 2.24) is 0 Å². The van der Waals surface area contributed by atoms with Gasteiger partial charge >= 0.3 is 11.9 Å². The van der Waals surface area contributed by atoms with E-state index in [1.54, 1.807) is 0 Å². The Balaban J connectivity index is 1.88. The molecule has 0 aromatic carbocycles. The second kappa shape index (κ2) is 34.6. The van der Waals surface area contributed by atoms with E-state index in [2.05, 4.69) is 74.6 Å². The van der Waals surface area contributed by atoms with Gasteiger partial charge in [-0.15, -0.1) is 0 Å². The highest BCUT2D eigenvalue weighted by Gasteiger charge is 2.47. The second-order valence-corrected chi connectivity index (χ2v) is 15.8. The molecule has 2 aliphatic heterocycles. The van der Waals surface area contributed by atoms with Crippen LogP contribution in [0, 0.1) is 0 Å². The lowest BCUT2D eigenvalue weighted by atomic mass is 9.98. The zero-order valence-electron chi connectivity index (χ0n) is 37.1. The summed E-state index contributed by atoms with van der Waals surface area (Å²) in [6, 6.07) is 0. The summed E-state index contributed by atoms with van der Waals surface area (Å²) in [6.07, 6.45) is 19.9. The van der Waals surface area contributed by atoms with E-state index in [0.29, 0.717) is 12.8 Å². The van der Waals surface area contributed by atoms with Crippen LogP contribution in [-0.2, 0) is 38.0 Å². The first kappa shape index (κ1) is 55.3. The van der Waals surface area contributed by atoms with E-state index in [9.17, 15) is 45.3 Å². The summed E-state index contributed by atoms with van der Waals surface area (Å²) < 4.78 is 33.4. The number of esters is 2. The number of aliphatic hydroxyl groups is 7. The third-order valence-corrected chi connectivity index (χ3v) is 10.5. The fourth-order valence-corrected chi connectivity index (χ4v) is 6.66. The molecule has 15 nitrogen and oxygen atoms in total. The van der Waals surface area contributed by atoms with Crippen LogP contribution in [0.5, 0.6) is 0 Å². The average molecular weight is 883 g/mol.